The number of aliphatic hydroxyl groups is 2. The van der Waals surface area contributed by atoms with Crippen LogP contribution in [0.15, 0.2) is 54.7 Å². The molecule has 0 amide bonds. The van der Waals surface area contributed by atoms with Gasteiger partial charge in [0.25, 0.3) is 0 Å². The summed E-state index contributed by atoms with van der Waals surface area (Å²) in [4.78, 5) is 1.89. The lowest BCUT2D eigenvalue weighted by atomic mass is 10.1. The first kappa shape index (κ1) is 20.0. The number of methoxy groups -OCH3 is 1. The first-order valence-corrected chi connectivity index (χ1v) is 8.97. The maximum absolute atomic E-state index is 14.2. The highest BCUT2D eigenvalue weighted by Gasteiger charge is 2.17. The van der Waals surface area contributed by atoms with Gasteiger partial charge >= 0.3 is 0 Å². The van der Waals surface area contributed by atoms with Crippen molar-refractivity contribution in [2.24, 2.45) is 0 Å². The Morgan fingerprint density at radius 3 is 2.54 bits per heavy atom. The molecule has 0 aliphatic rings. The van der Waals surface area contributed by atoms with Crippen molar-refractivity contribution in [3.63, 3.8) is 0 Å². The van der Waals surface area contributed by atoms with Crippen molar-refractivity contribution < 1.29 is 19.3 Å². The van der Waals surface area contributed by atoms with Gasteiger partial charge in [0.15, 0.2) is 0 Å². The molecule has 0 aliphatic carbocycles. The second kappa shape index (κ2) is 8.97. The van der Waals surface area contributed by atoms with Crippen molar-refractivity contribution in [3.8, 4) is 22.7 Å². The second-order valence-electron chi connectivity index (χ2n) is 6.66. The molecule has 0 radical (unpaired) electrons. The van der Waals surface area contributed by atoms with Crippen LogP contribution in [0, 0.1) is 5.82 Å². The number of likely N-dealkylation sites (N-methyl/N-ethyl adjacent to an activating group) is 1. The van der Waals surface area contributed by atoms with Gasteiger partial charge in [-0.25, -0.2) is 9.07 Å². The zero-order valence-electron chi connectivity index (χ0n) is 15.9. The maximum Gasteiger partial charge on any atom is 0.148 e. The second-order valence-corrected chi connectivity index (χ2v) is 6.66. The molecular weight excluding hydrogens is 361 g/mol. The zero-order chi connectivity index (χ0) is 20.1. The predicted molar refractivity (Wildman–Crippen MR) is 105 cm³/mol. The minimum atomic E-state index is -0.823. The number of aliphatic hydroxyl groups excluding tert-OH is 2. The summed E-state index contributed by atoms with van der Waals surface area (Å²) in [5.41, 5.74) is 2.83. The SMILES string of the molecule is COc1ccc(-c2nn(-c3ccccc3F)cc2CN(C)CC(O)CO)cc1. The number of halogens is 1. The Morgan fingerprint density at radius 1 is 1.18 bits per heavy atom. The standard InChI is InChI=1S/C21H24FN3O3/c1-24(13-17(27)14-26)11-16-12-25(20-6-4-3-5-19(20)22)23-21(16)15-7-9-18(28-2)10-8-15/h3-10,12,17,26-27H,11,13-14H2,1-2H3. The fourth-order valence-electron chi connectivity index (χ4n) is 3.05. The average molecular weight is 385 g/mol. The van der Waals surface area contributed by atoms with Crippen LogP contribution in [0.5, 0.6) is 5.75 Å². The molecule has 2 aromatic carbocycles. The molecule has 1 unspecified atom stereocenters. The average Bonchev–Trinajstić information content (AvgIpc) is 3.11. The predicted octanol–water partition coefficient (Wildman–Crippen LogP) is 2.47. The summed E-state index contributed by atoms with van der Waals surface area (Å²) in [5.74, 6) is 0.379. The molecule has 0 saturated heterocycles. The van der Waals surface area contributed by atoms with Gasteiger partial charge in [-0.2, -0.15) is 5.10 Å². The van der Waals surface area contributed by atoms with E-state index in [1.165, 1.54) is 10.7 Å². The minimum Gasteiger partial charge on any atom is -0.497 e. The summed E-state index contributed by atoms with van der Waals surface area (Å²) < 4.78 is 21.0. The van der Waals surface area contributed by atoms with Gasteiger partial charge in [-0.1, -0.05) is 12.1 Å². The number of para-hydroxylation sites is 1. The van der Waals surface area contributed by atoms with E-state index in [1.807, 2.05) is 36.2 Å². The van der Waals surface area contributed by atoms with Crippen LogP contribution in [0.3, 0.4) is 0 Å². The van der Waals surface area contributed by atoms with E-state index < -0.39 is 6.10 Å². The van der Waals surface area contributed by atoms with E-state index in [0.29, 0.717) is 18.8 Å². The Kier molecular flexibility index (Phi) is 6.41. The lowest BCUT2D eigenvalue weighted by molar-refractivity contribution is 0.0648. The highest BCUT2D eigenvalue weighted by molar-refractivity contribution is 5.64. The number of hydrogen-bond donors (Lipinski definition) is 2. The lowest BCUT2D eigenvalue weighted by Gasteiger charge is -2.19. The van der Waals surface area contributed by atoms with Crippen molar-refractivity contribution in [1.82, 2.24) is 14.7 Å². The van der Waals surface area contributed by atoms with Crippen LogP contribution >= 0.6 is 0 Å². The highest BCUT2D eigenvalue weighted by atomic mass is 19.1. The van der Waals surface area contributed by atoms with Gasteiger partial charge in [-0.15, -0.1) is 0 Å². The van der Waals surface area contributed by atoms with Gasteiger partial charge in [0, 0.05) is 30.4 Å². The number of aromatic nitrogens is 2. The van der Waals surface area contributed by atoms with Gasteiger partial charge < -0.3 is 14.9 Å². The maximum atomic E-state index is 14.2. The molecule has 28 heavy (non-hydrogen) atoms. The summed E-state index contributed by atoms with van der Waals surface area (Å²) in [6.07, 6.45) is 0.968. The Labute approximate surface area is 163 Å². The molecule has 7 heteroatoms. The molecule has 1 atom stereocenters. The first-order chi connectivity index (χ1) is 13.5. The fourth-order valence-corrected chi connectivity index (χ4v) is 3.05. The molecule has 148 valence electrons. The molecular formula is C21H24FN3O3. The summed E-state index contributed by atoms with van der Waals surface area (Å²) in [6.45, 7) is 0.487. The summed E-state index contributed by atoms with van der Waals surface area (Å²) in [6, 6.07) is 14.0. The van der Waals surface area contributed by atoms with Crippen LogP contribution in [0.4, 0.5) is 4.39 Å². The monoisotopic (exact) mass is 385 g/mol. The van der Waals surface area contributed by atoms with Crippen molar-refractivity contribution in [2.45, 2.75) is 12.6 Å². The quantitative estimate of drug-likeness (QED) is 0.623. The Bertz CT molecular complexity index is 912. The first-order valence-electron chi connectivity index (χ1n) is 8.97. The van der Waals surface area contributed by atoms with Gasteiger partial charge in [0.1, 0.15) is 17.3 Å². The van der Waals surface area contributed by atoms with Crippen LogP contribution in [-0.4, -0.2) is 58.3 Å². The van der Waals surface area contributed by atoms with E-state index in [2.05, 4.69) is 5.10 Å². The molecule has 1 aromatic heterocycles. The molecule has 0 spiro atoms. The molecule has 2 N–H and O–H groups in total. The molecule has 6 nitrogen and oxygen atoms in total. The summed E-state index contributed by atoms with van der Waals surface area (Å²) in [7, 11) is 3.45. The van der Waals surface area contributed by atoms with E-state index in [9.17, 15) is 9.50 Å². The van der Waals surface area contributed by atoms with Crippen LogP contribution in [0.25, 0.3) is 16.9 Å². The zero-order valence-corrected chi connectivity index (χ0v) is 15.9. The van der Waals surface area contributed by atoms with Gasteiger partial charge in [-0.05, 0) is 43.4 Å². The summed E-state index contributed by atoms with van der Waals surface area (Å²) >= 11 is 0. The third-order valence-electron chi connectivity index (χ3n) is 4.43. The van der Waals surface area contributed by atoms with E-state index in [-0.39, 0.29) is 12.4 Å². The topological polar surface area (TPSA) is 70.8 Å². The third kappa shape index (κ3) is 4.56. The highest BCUT2D eigenvalue weighted by Crippen LogP contribution is 2.27. The Balaban J connectivity index is 1.98. The Hall–Kier alpha value is -2.74. The molecule has 1 heterocycles. The smallest absolute Gasteiger partial charge is 0.148 e. The Morgan fingerprint density at radius 2 is 1.89 bits per heavy atom. The number of ether oxygens (including phenoxy) is 1. The normalized spacial score (nSPS) is 12.4. The third-order valence-corrected chi connectivity index (χ3v) is 4.43. The summed E-state index contributed by atoms with van der Waals surface area (Å²) in [5, 5.41) is 23.4. The fraction of sp³-hybridized carbons (Fsp3) is 0.286. The number of benzene rings is 2. The number of rotatable bonds is 8. The molecule has 0 fully saturated rings. The molecule has 0 bridgehead atoms. The van der Waals surface area contributed by atoms with Gasteiger partial charge in [0.2, 0.25) is 0 Å². The van der Waals surface area contributed by atoms with E-state index in [4.69, 9.17) is 9.84 Å². The van der Waals surface area contributed by atoms with E-state index in [1.54, 1.807) is 31.5 Å². The minimum absolute atomic E-state index is 0.301. The van der Waals surface area contributed by atoms with E-state index >= 15 is 0 Å². The van der Waals surface area contributed by atoms with Gasteiger partial charge in [0.05, 0.1) is 25.5 Å². The van der Waals surface area contributed by atoms with Crippen LogP contribution in [0.1, 0.15) is 5.56 Å². The van der Waals surface area contributed by atoms with Crippen LogP contribution in [0.2, 0.25) is 0 Å². The molecule has 3 rings (SSSR count). The molecule has 0 aliphatic heterocycles. The lowest BCUT2D eigenvalue weighted by Crippen LogP contribution is -2.31. The number of hydrogen-bond acceptors (Lipinski definition) is 5. The van der Waals surface area contributed by atoms with Crippen molar-refractivity contribution >= 4 is 0 Å². The number of nitrogens with zero attached hydrogens (tertiary/aromatic N) is 3. The largest absolute Gasteiger partial charge is 0.497 e. The van der Waals surface area contributed by atoms with E-state index in [0.717, 1.165) is 22.6 Å². The molecule has 3 aromatic rings. The molecule has 0 saturated carbocycles. The van der Waals surface area contributed by atoms with Crippen LogP contribution < -0.4 is 4.74 Å². The van der Waals surface area contributed by atoms with Crippen molar-refractivity contribution in [1.29, 1.82) is 0 Å². The van der Waals surface area contributed by atoms with Crippen molar-refractivity contribution in [3.05, 3.63) is 66.1 Å². The van der Waals surface area contributed by atoms with Crippen molar-refractivity contribution in [2.75, 3.05) is 27.3 Å². The van der Waals surface area contributed by atoms with Crippen LogP contribution in [-0.2, 0) is 6.54 Å². The van der Waals surface area contributed by atoms with Gasteiger partial charge in [-0.3, -0.25) is 4.90 Å².